The summed E-state index contributed by atoms with van der Waals surface area (Å²) in [5.74, 6) is 0. The molecule has 0 aliphatic carbocycles. The Kier molecular flexibility index (Phi) is 4.03. The number of ether oxygens (including phenoxy) is 1. The predicted molar refractivity (Wildman–Crippen MR) is 73.2 cm³/mol. The molecule has 94 valence electrons. The molecule has 0 unspecified atom stereocenters. The van der Waals surface area contributed by atoms with Crippen molar-refractivity contribution in [3.63, 3.8) is 0 Å². The first-order chi connectivity index (χ1) is 7.72. The summed E-state index contributed by atoms with van der Waals surface area (Å²) in [6.45, 7) is 5.46. The van der Waals surface area contributed by atoms with E-state index in [2.05, 4.69) is 15.9 Å². The van der Waals surface area contributed by atoms with Gasteiger partial charge in [-0.3, -0.25) is 4.90 Å². The van der Waals surface area contributed by atoms with Crippen molar-refractivity contribution in [3.05, 3.63) is 22.7 Å². The SMILES string of the molecule is CN(C(=O)OC(C)(C)C)c1c(N)cccc1Br. The van der Waals surface area contributed by atoms with Gasteiger partial charge in [0.05, 0.1) is 11.4 Å². The van der Waals surface area contributed by atoms with Crippen molar-refractivity contribution >= 4 is 33.4 Å². The van der Waals surface area contributed by atoms with Crippen LogP contribution in [0.25, 0.3) is 0 Å². The maximum atomic E-state index is 11.9. The Morgan fingerprint density at radius 2 is 2.00 bits per heavy atom. The zero-order valence-corrected chi connectivity index (χ0v) is 12.0. The fourth-order valence-corrected chi connectivity index (χ4v) is 1.96. The van der Waals surface area contributed by atoms with Gasteiger partial charge in [-0.2, -0.15) is 0 Å². The molecule has 0 saturated heterocycles. The Hall–Kier alpha value is -1.23. The second-order valence-electron chi connectivity index (χ2n) is 4.72. The predicted octanol–water partition coefficient (Wildman–Crippen LogP) is 3.40. The van der Waals surface area contributed by atoms with Crippen LogP contribution in [-0.2, 0) is 4.74 Å². The Labute approximate surface area is 110 Å². The molecular weight excluding hydrogens is 284 g/mol. The molecule has 0 bridgehead atoms. The average Bonchev–Trinajstić information content (AvgIpc) is 2.14. The highest BCUT2D eigenvalue weighted by Gasteiger charge is 2.22. The lowest BCUT2D eigenvalue weighted by atomic mass is 10.2. The van der Waals surface area contributed by atoms with E-state index in [0.29, 0.717) is 11.4 Å². The molecule has 0 fully saturated rings. The Morgan fingerprint density at radius 3 is 2.47 bits per heavy atom. The molecule has 0 aliphatic rings. The first-order valence-electron chi connectivity index (χ1n) is 5.23. The van der Waals surface area contributed by atoms with Crippen molar-refractivity contribution in [1.29, 1.82) is 0 Å². The second-order valence-corrected chi connectivity index (χ2v) is 5.57. The van der Waals surface area contributed by atoms with E-state index in [1.54, 1.807) is 13.1 Å². The third kappa shape index (κ3) is 3.63. The highest BCUT2D eigenvalue weighted by atomic mass is 79.9. The average molecular weight is 301 g/mol. The number of carbonyl (C=O) groups is 1. The van der Waals surface area contributed by atoms with Gasteiger partial charge < -0.3 is 10.5 Å². The Bertz CT molecular complexity index is 407. The van der Waals surface area contributed by atoms with Crippen LogP contribution < -0.4 is 10.6 Å². The van der Waals surface area contributed by atoms with Crippen molar-refractivity contribution in [2.75, 3.05) is 17.7 Å². The molecule has 17 heavy (non-hydrogen) atoms. The van der Waals surface area contributed by atoms with Crippen molar-refractivity contribution in [2.24, 2.45) is 0 Å². The van der Waals surface area contributed by atoms with E-state index in [1.165, 1.54) is 4.90 Å². The molecule has 0 atom stereocenters. The molecule has 1 aromatic carbocycles. The highest BCUT2D eigenvalue weighted by molar-refractivity contribution is 9.10. The lowest BCUT2D eigenvalue weighted by molar-refractivity contribution is 0.0589. The zero-order chi connectivity index (χ0) is 13.2. The van der Waals surface area contributed by atoms with Gasteiger partial charge in [-0.05, 0) is 48.8 Å². The second kappa shape index (κ2) is 4.96. The lowest BCUT2D eigenvalue weighted by Gasteiger charge is -2.26. The summed E-state index contributed by atoms with van der Waals surface area (Å²) in [7, 11) is 1.63. The fraction of sp³-hybridized carbons (Fsp3) is 0.417. The van der Waals surface area contributed by atoms with Crippen molar-refractivity contribution in [3.8, 4) is 0 Å². The van der Waals surface area contributed by atoms with Gasteiger partial charge in [0.1, 0.15) is 5.60 Å². The van der Waals surface area contributed by atoms with Crippen LogP contribution in [0.15, 0.2) is 22.7 Å². The molecule has 1 aromatic rings. The van der Waals surface area contributed by atoms with E-state index >= 15 is 0 Å². The van der Waals surface area contributed by atoms with Crippen LogP contribution in [0.5, 0.6) is 0 Å². The molecule has 1 rings (SSSR count). The third-order valence-corrected chi connectivity index (χ3v) is 2.66. The van der Waals surface area contributed by atoms with Gasteiger partial charge in [0.25, 0.3) is 0 Å². The number of nitrogen functional groups attached to an aromatic ring is 1. The normalized spacial score (nSPS) is 11.1. The van der Waals surface area contributed by atoms with Gasteiger partial charge in [0.2, 0.25) is 0 Å². The minimum Gasteiger partial charge on any atom is -0.443 e. The van der Waals surface area contributed by atoms with Crippen LogP contribution >= 0.6 is 15.9 Å². The Balaban J connectivity index is 2.97. The van der Waals surface area contributed by atoms with Gasteiger partial charge in [-0.25, -0.2) is 4.79 Å². The number of halogens is 1. The van der Waals surface area contributed by atoms with Gasteiger partial charge in [-0.1, -0.05) is 6.07 Å². The van der Waals surface area contributed by atoms with Gasteiger partial charge in [0, 0.05) is 11.5 Å². The minimum absolute atomic E-state index is 0.434. The molecular formula is C12H17BrN2O2. The maximum absolute atomic E-state index is 11.9. The number of rotatable bonds is 1. The van der Waals surface area contributed by atoms with Crippen molar-refractivity contribution in [2.45, 2.75) is 26.4 Å². The van der Waals surface area contributed by atoms with E-state index in [9.17, 15) is 4.79 Å². The lowest BCUT2D eigenvalue weighted by Crippen LogP contribution is -2.34. The van der Waals surface area contributed by atoms with E-state index in [4.69, 9.17) is 10.5 Å². The molecule has 0 aliphatic heterocycles. The molecule has 1 amide bonds. The van der Waals surface area contributed by atoms with Crippen molar-refractivity contribution < 1.29 is 9.53 Å². The number of benzene rings is 1. The number of hydrogen-bond acceptors (Lipinski definition) is 3. The van der Waals surface area contributed by atoms with Gasteiger partial charge in [0.15, 0.2) is 0 Å². The van der Waals surface area contributed by atoms with Crippen LogP contribution in [0.4, 0.5) is 16.2 Å². The smallest absolute Gasteiger partial charge is 0.414 e. The Morgan fingerprint density at radius 1 is 1.41 bits per heavy atom. The maximum Gasteiger partial charge on any atom is 0.414 e. The summed E-state index contributed by atoms with van der Waals surface area (Å²) in [6, 6.07) is 5.37. The number of para-hydroxylation sites is 1. The molecule has 0 radical (unpaired) electrons. The number of nitrogens with two attached hydrogens (primary N) is 1. The number of amides is 1. The summed E-state index contributed by atoms with van der Waals surface area (Å²) in [5, 5.41) is 0. The van der Waals surface area contributed by atoms with Gasteiger partial charge in [-0.15, -0.1) is 0 Å². The molecule has 0 saturated carbocycles. The third-order valence-electron chi connectivity index (χ3n) is 2.02. The van der Waals surface area contributed by atoms with Crippen LogP contribution in [0.1, 0.15) is 20.8 Å². The number of hydrogen-bond donors (Lipinski definition) is 1. The molecule has 0 spiro atoms. The van der Waals surface area contributed by atoms with Crippen molar-refractivity contribution in [1.82, 2.24) is 0 Å². The quantitative estimate of drug-likeness (QED) is 0.809. The van der Waals surface area contributed by atoms with Gasteiger partial charge >= 0.3 is 6.09 Å². The molecule has 5 heteroatoms. The number of carbonyl (C=O) groups excluding carboxylic acids is 1. The largest absolute Gasteiger partial charge is 0.443 e. The summed E-state index contributed by atoms with van der Waals surface area (Å²) >= 11 is 3.37. The van der Waals surface area contributed by atoms with Crippen LogP contribution in [-0.4, -0.2) is 18.7 Å². The first-order valence-corrected chi connectivity index (χ1v) is 6.02. The summed E-state index contributed by atoms with van der Waals surface area (Å²) < 4.78 is 6.03. The summed E-state index contributed by atoms with van der Waals surface area (Å²) in [6.07, 6.45) is -0.434. The van der Waals surface area contributed by atoms with Crippen LogP contribution in [0.2, 0.25) is 0 Å². The first kappa shape index (κ1) is 13.8. The van der Waals surface area contributed by atoms with Crippen LogP contribution in [0, 0.1) is 0 Å². The fourth-order valence-electron chi connectivity index (χ4n) is 1.31. The van der Waals surface area contributed by atoms with Crippen LogP contribution in [0.3, 0.4) is 0 Å². The molecule has 4 nitrogen and oxygen atoms in total. The van der Waals surface area contributed by atoms with E-state index in [1.807, 2.05) is 32.9 Å². The topological polar surface area (TPSA) is 55.6 Å². The highest BCUT2D eigenvalue weighted by Crippen LogP contribution is 2.32. The van der Waals surface area contributed by atoms with E-state index in [0.717, 1.165) is 4.47 Å². The number of nitrogens with zero attached hydrogens (tertiary/aromatic N) is 1. The zero-order valence-electron chi connectivity index (χ0n) is 10.5. The monoisotopic (exact) mass is 300 g/mol. The number of anilines is 2. The summed E-state index contributed by atoms with van der Waals surface area (Å²) in [4.78, 5) is 13.3. The molecule has 0 aromatic heterocycles. The molecule has 0 heterocycles. The van der Waals surface area contributed by atoms with E-state index in [-0.39, 0.29) is 0 Å². The standard InChI is InChI=1S/C12H17BrN2O2/c1-12(2,3)17-11(16)15(4)10-8(13)6-5-7-9(10)14/h5-7H,14H2,1-4H3. The minimum atomic E-state index is -0.526. The summed E-state index contributed by atoms with van der Waals surface area (Å²) in [5.41, 5.74) is 6.45. The molecule has 2 N–H and O–H groups in total. The van der Waals surface area contributed by atoms with E-state index < -0.39 is 11.7 Å².